The van der Waals surface area contributed by atoms with Crippen LogP contribution in [0.2, 0.25) is 5.02 Å². The molecule has 3 N–H and O–H groups in total. The molecule has 3 aromatic carbocycles. The van der Waals surface area contributed by atoms with Gasteiger partial charge in [0.05, 0.1) is 48.7 Å². The Kier molecular flexibility index (Phi) is 12.7. The van der Waals surface area contributed by atoms with Crippen molar-refractivity contribution in [2.75, 3.05) is 26.9 Å². The van der Waals surface area contributed by atoms with Crippen LogP contribution in [0, 0.1) is 0 Å². The zero-order valence-corrected chi connectivity index (χ0v) is 28.3. The highest BCUT2D eigenvalue weighted by Crippen LogP contribution is 2.37. The van der Waals surface area contributed by atoms with Crippen molar-refractivity contribution in [2.45, 2.75) is 33.4 Å². The lowest BCUT2D eigenvalue weighted by Crippen LogP contribution is -2.45. The highest BCUT2D eigenvalue weighted by atomic mass is 35.5. The number of carbonyl (C=O) groups excluding carboxylic acids is 3. The van der Waals surface area contributed by atoms with Gasteiger partial charge in [0.25, 0.3) is 5.91 Å². The van der Waals surface area contributed by atoms with E-state index in [9.17, 15) is 14.4 Å². The zero-order chi connectivity index (χ0) is 34.6. The van der Waals surface area contributed by atoms with E-state index in [2.05, 4.69) is 21.2 Å². The molecule has 48 heavy (non-hydrogen) atoms. The van der Waals surface area contributed by atoms with E-state index in [1.54, 1.807) is 81.4 Å². The van der Waals surface area contributed by atoms with E-state index in [0.717, 1.165) is 5.56 Å². The number of carbonyl (C=O) groups is 3. The Morgan fingerprint density at radius 2 is 1.69 bits per heavy atom. The first-order valence-electron chi connectivity index (χ1n) is 14.9. The van der Waals surface area contributed by atoms with E-state index in [-0.39, 0.29) is 24.8 Å². The average Bonchev–Trinajstić information content (AvgIpc) is 3.06. The molecule has 0 unspecified atom stereocenters. The molecule has 0 aliphatic carbocycles. The number of benzene rings is 3. The van der Waals surface area contributed by atoms with Gasteiger partial charge in [-0.2, -0.15) is 5.10 Å². The molecule has 14 heteroatoms. The molecule has 0 saturated carbocycles. The van der Waals surface area contributed by atoms with Crippen LogP contribution in [0.15, 0.2) is 77.0 Å². The maximum absolute atomic E-state index is 12.8. The van der Waals surface area contributed by atoms with Gasteiger partial charge in [0.2, 0.25) is 0 Å². The fourth-order valence-corrected chi connectivity index (χ4v) is 5.22. The molecule has 0 aromatic heterocycles. The van der Waals surface area contributed by atoms with Crippen molar-refractivity contribution in [3.63, 3.8) is 0 Å². The Morgan fingerprint density at radius 3 is 2.40 bits per heavy atom. The minimum Gasteiger partial charge on any atom is -0.493 e. The molecule has 1 atom stereocenters. The van der Waals surface area contributed by atoms with E-state index in [1.165, 1.54) is 13.3 Å². The van der Waals surface area contributed by atoms with Crippen LogP contribution in [-0.2, 0) is 25.7 Å². The molecule has 0 fully saturated rings. The number of hydrogen-bond donors (Lipinski definition) is 3. The van der Waals surface area contributed by atoms with E-state index >= 15 is 0 Å². The van der Waals surface area contributed by atoms with Crippen molar-refractivity contribution < 1.29 is 38.1 Å². The van der Waals surface area contributed by atoms with Gasteiger partial charge in [0.15, 0.2) is 23.2 Å². The number of thiocarbonyl (C=S) groups is 1. The van der Waals surface area contributed by atoms with Crippen molar-refractivity contribution in [2.24, 2.45) is 5.10 Å². The van der Waals surface area contributed by atoms with Crippen LogP contribution < -0.4 is 30.3 Å². The van der Waals surface area contributed by atoms with Crippen molar-refractivity contribution in [1.82, 2.24) is 16.1 Å². The largest absolute Gasteiger partial charge is 0.493 e. The second-order valence-corrected chi connectivity index (χ2v) is 11.0. The molecule has 0 bridgehead atoms. The normalized spacial score (nSPS) is 14.1. The molecule has 1 heterocycles. The average molecular weight is 695 g/mol. The Balaban J connectivity index is 1.37. The Labute approximate surface area is 288 Å². The third kappa shape index (κ3) is 9.23. The highest BCUT2D eigenvalue weighted by molar-refractivity contribution is 7.80. The topological polar surface area (TPSA) is 146 Å². The van der Waals surface area contributed by atoms with Gasteiger partial charge in [-0.1, -0.05) is 41.9 Å². The summed E-state index contributed by atoms with van der Waals surface area (Å²) in [6, 6.07) is 16.5. The summed E-state index contributed by atoms with van der Waals surface area (Å²) in [5.74, 6) is -0.370. The summed E-state index contributed by atoms with van der Waals surface area (Å²) < 4.78 is 27.5. The third-order valence-electron chi connectivity index (χ3n) is 6.86. The maximum atomic E-state index is 12.8. The van der Waals surface area contributed by atoms with Crippen molar-refractivity contribution in [1.29, 1.82) is 0 Å². The zero-order valence-electron chi connectivity index (χ0n) is 26.8. The summed E-state index contributed by atoms with van der Waals surface area (Å²) in [6.07, 6.45) is 1.40. The van der Waals surface area contributed by atoms with Gasteiger partial charge < -0.3 is 34.3 Å². The number of nitrogens with one attached hydrogen (secondary N) is 3. The van der Waals surface area contributed by atoms with Crippen LogP contribution in [0.25, 0.3) is 0 Å². The fourth-order valence-electron chi connectivity index (χ4n) is 4.67. The van der Waals surface area contributed by atoms with Gasteiger partial charge in [-0.05, 0) is 74.4 Å². The molecule has 0 spiro atoms. The number of hydrazone groups is 1. The number of para-hydroxylation sites is 1. The summed E-state index contributed by atoms with van der Waals surface area (Å²) in [4.78, 5) is 37.3. The minimum atomic E-state index is -0.654. The lowest BCUT2D eigenvalue weighted by atomic mass is 9.95. The molecule has 12 nitrogen and oxygen atoms in total. The predicted octanol–water partition coefficient (Wildman–Crippen LogP) is 4.99. The number of ether oxygens (including phenoxy) is 5. The smallest absolute Gasteiger partial charge is 0.338 e. The number of rotatable bonds is 14. The van der Waals surface area contributed by atoms with Crippen molar-refractivity contribution >= 4 is 53.0 Å². The lowest BCUT2D eigenvalue weighted by molar-refractivity contribution is -0.139. The Morgan fingerprint density at radius 1 is 0.979 bits per heavy atom. The van der Waals surface area contributed by atoms with E-state index < -0.39 is 23.9 Å². The van der Waals surface area contributed by atoms with Crippen LogP contribution >= 0.6 is 23.8 Å². The van der Waals surface area contributed by atoms with Gasteiger partial charge in [-0.25, -0.2) is 15.0 Å². The summed E-state index contributed by atoms with van der Waals surface area (Å²) in [7, 11) is 1.48. The number of amides is 1. The molecule has 4 rings (SSSR count). The van der Waals surface area contributed by atoms with Crippen LogP contribution in [-0.4, -0.2) is 56.1 Å². The second kappa shape index (κ2) is 17.1. The molecule has 0 saturated heterocycles. The van der Waals surface area contributed by atoms with E-state index in [4.69, 9.17) is 47.5 Å². The summed E-state index contributed by atoms with van der Waals surface area (Å²) in [5, 5.41) is 10.7. The minimum absolute atomic E-state index is 0.173. The number of methoxy groups -OCH3 is 1. The van der Waals surface area contributed by atoms with Gasteiger partial charge >= 0.3 is 11.9 Å². The summed E-state index contributed by atoms with van der Waals surface area (Å²) >= 11 is 11.8. The SMILES string of the molecule is CCOC(=O)C1=C(C)NC(=S)N[C@@H]1c1ccccc1OCC(=O)NN=Cc1cc(Cl)c(OCc2ccc(C(=O)OCC)cc2)c(OC)c1. The highest BCUT2D eigenvalue weighted by Gasteiger charge is 2.32. The maximum Gasteiger partial charge on any atom is 0.338 e. The number of halogens is 1. The van der Waals surface area contributed by atoms with E-state index in [1.807, 2.05) is 0 Å². The predicted molar refractivity (Wildman–Crippen MR) is 183 cm³/mol. The molecule has 1 aliphatic heterocycles. The first-order valence-corrected chi connectivity index (χ1v) is 15.7. The number of esters is 2. The lowest BCUT2D eigenvalue weighted by Gasteiger charge is -2.30. The molecular weight excluding hydrogens is 660 g/mol. The quantitative estimate of drug-likeness (QED) is 0.0908. The summed E-state index contributed by atoms with van der Waals surface area (Å²) in [5.41, 5.74) is 5.72. The standard InChI is InChI=1S/C34H35ClN4O8S/c1-5-44-32(41)23-13-11-21(12-14-23)18-47-31-25(35)15-22(16-27(31)43-4)17-36-39-28(40)19-46-26-10-8-7-9-24(26)30-29(33(42)45-6-2)20(3)37-34(48)38-30/h7-17,30H,5-6,18-19H2,1-4H3,(H,39,40)(H2,37,38,48)/t30-/m1/s1. The number of nitrogens with zero attached hydrogens (tertiary/aromatic N) is 1. The summed E-state index contributed by atoms with van der Waals surface area (Å²) in [6.45, 7) is 5.52. The Bertz CT molecular complexity index is 1730. The van der Waals surface area contributed by atoms with Crippen LogP contribution in [0.4, 0.5) is 0 Å². The molecule has 1 amide bonds. The third-order valence-corrected chi connectivity index (χ3v) is 7.36. The second-order valence-electron chi connectivity index (χ2n) is 10.2. The first-order chi connectivity index (χ1) is 23.1. The van der Waals surface area contributed by atoms with Crippen LogP contribution in [0.3, 0.4) is 0 Å². The first kappa shape index (κ1) is 35.7. The molecule has 252 valence electrons. The van der Waals surface area contributed by atoms with Crippen molar-refractivity contribution in [3.8, 4) is 17.2 Å². The van der Waals surface area contributed by atoms with Gasteiger partial charge in [-0.15, -0.1) is 0 Å². The molecule has 0 radical (unpaired) electrons. The van der Waals surface area contributed by atoms with Crippen LogP contribution in [0.1, 0.15) is 53.9 Å². The fraction of sp³-hybridized carbons (Fsp3) is 0.265. The molecule has 1 aliphatic rings. The van der Waals surface area contributed by atoms with Gasteiger partial charge in [-0.3, -0.25) is 4.79 Å². The van der Waals surface area contributed by atoms with Crippen LogP contribution in [0.5, 0.6) is 17.2 Å². The Hall–Kier alpha value is -5.14. The van der Waals surface area contributed by atoms with Crippen molar-refractivity contribution in [3.05, 3.63) is 99.2 Å². The van der Waals surface area contributed by atoms with Gasteiger partial charge in [0, 0.05) is 11.3 Å². The molecule has 3 aromatic rings. The number of allylic oxidation sites excluding steroid dienone is 1. The monoisotopic (exact) mass is 694 g/mol. The van der Waals surface area contributed by atoms with E-state index in [0.29, 0.717) is 56.9 Å². The number of hydrogen-bond acceptors (Lipinski definition) is 10. The van der Waals surface area contributed by atoms with Gasteiger partial charge in [0.1, 0.15) is 12.4 Å². The molecular formula is C34H35ClN4O8S.